The summed E-state index contributed by atoms with van der Waals surface area (Å²) in [6.07, 6.45) is 0. The van der Waals surface area contributed by atoms with E-state index in [1.165, 1.54) is 6.92 Å². The number of carbonyl (C=O) groups excluding carboxylic acids is 4. The van der Waals surface area contributed by atoms with Gasteiger partial charge in [0.1, 0.15) is 0 Å². The number of nitrogens with one attached hydrogen (secondary N) is 2. The fraction of sp³-hybridized carbons (Fsp3) is 0.600. The van der Waals surface area contributed by atoms with E-state index in [0.29, 0.717) is 0 Å². The number of hydrogen-bond donors (Lipinski definition) is 2. The normalized spacial score (nSPS) is 8.30. The van der Waals surface area contributed by atoms with Crippen LogP contribution < -0.4 is 45.6 Å². The third-order valence-electron chi connectivity index (χ3n) is 1.30. The van der Waals surface area contributed by atoms with Crippen LogP contribution in [0.15, 0.2) is 0 Å². The van der Waals surface area contributed by atoms with Crippen molar-refractivity contribution < 1.29 is 63.5 Å². The SMILES string of the molecule is CC(=O)NOC(=O)C(C)C(=O)ONC(C)=O.CC[O-].[Na+]. The van der Waals surface area contributed by atoms with Gasteiger partial charge in [-0.25, -0.2) is 9.59 Å². The van der Waals surface area contributed by atoms with Gasteiger partial charge in [-0.15, -0.1) is 6.61 Å². The molecule has 0 fully saturated rings. The van der Waals surface area contributed by atoms with Crippen molar-refractivity contribution in [3.05, 3.63) is 0 Å². The molecule has 10 heteroatoms. The topological polar surface area (TPSA) is 134 Å². The summed E-state index contributed by atoms with van der Waals surface area (Å²) < 4.78 is 0. The molecule has 0 bridgehead atoms. The molecule has 20 heavy (non-hydrogen) atoms. The first kappa shape index (κ1) is 23.9. The molecule has 0 heterocycles. The fourth-order valence-corrected chi connectivity index (χ4v) is 0.517. The minimum Gasteiger partial charge on any atom is -0.855 e. The molecule has 2 amide bonds. The Morgan fingerprint density at radius 3 is 1.45 bits per heavy atom. The van der Waals surface area contributed by atoms with E-state index in [1.807, 2.05) is 0 Å². The Morgan fingerprint density at radius 1 is 1.00 bits per heavy atom. The van der Waals surface area contributed by atoms with Crippen LogP contribution in [0.2, 0.25) is 0 Å². The molecule has 0 rings (SSSR count). The third-order valence-corrected chi connectivity index (χ3v) is 1.30. The smallest absolute Gasteiger partial charge is 0.855 e. The maximum atomic E-state index is 11.1. The average molecular weight is 300 g/mol. The van der Waals surface area contributed by atoms with Crippen molar-refractivity contribution in [2.45, 2.75) is 27.7 Å². The van der Waals surface area contributed by atoms with Crippen molar-refractivity contribution in [1.29, 1.82) is 0 Å². The van der Waals surface area contributed by atoms with Crippen LogP contribution in [0.25, 0.3) is 0 Å². The van der Waals surface area contributed by atoms with Gasteiger partial charge in [-0.2, -0.15) is 11.0 Å². The average Bonchev–Trinajstić information content (AvgIpc) is 2.32. The maximum absolute atomic E-state index is 11.1. The van der Waals surface area contributed by atoms with Crippen molar-refractivity contribution in [3.8, 4) is 0 Å². The Kier molecular flexibility index (Phi) is 17.0. The van der Waals surface area contributed by atoms with Gasteiger partial charge in [0.05, 0.1) is 0 Å². The van der Waals surface area contributed by atoms with Crippen LogP contribution >= 0.6 is 0 Å². The summed E-state index contributed by atoms with van der Waals surface area (Å²) in [5, 5.41) is 8.93. The molecule has 0 aliphatic carbocycles. The summed E-state index contributed by atoms with van der Waals surface area (Å²) in [5.41, 5.74) is 3.52. The second-order valence-electron chi connectivity index (χ2n) is 3.17. The molecular formula is C10H17N2NaO7. The Bertz CT molecular complexity index is 306. The molecule has 2 N–H and O–H groups in total. The van der Waals surface area contributed by atoms with Crippen LogP contribution in [-0.4, -0.2) is 30.4 Å². The summed E-state index contributed by atoms with van der Waals surface area (Å²) in [6, 6.07) is 0. The van der Waals surface area contributed by atoms with Crippen molar-refractivity contribution in [2.24, 2.45) is 5.92 Å². The van der Waals surface area contributed by atoms with E-state index in [0.717, 1.165) is 13.8 Å². The molecule has 0 aliphatic heterocycles. The van der Waals surface area contributed by atoms with Gasteiger partial charge in [-0.3, -0.25) is 9.59 Å². The number of hydroxylamine groups is 2. The molecule has 0 spiro atoms. The van der Waals surface area contributed by atoms with Crippen LogP contribution in [0, 0.1) is 5.92 Å². The van der Waals surface area contributed by atoms with Gasteiger partial charge < -0.3 is 14.8 Å². The summed E-state index contributed by atoms with van der Waals surface area (Å²) >= 11 is 0. The van der Waals surface area contributed by atoms with Gasteiger partial charge >= 0.3 is 41.5 Å². The van der Waals surface area contributed by atoms with Crippen molar-refractivity contribution in [1.82, 2.24) is 11.0 Å². The molecule has 0 radical (unpaired) electrons. The first-order valence-corrected chi connectivity index (χ1v) is 5.28. The van der Waals surface area contributed by atoms with Gasteiger partial charge in [0.25, 0.3) is 0 Å². The van der Waals surface area contributed by atoms with Crippen LogP contribution in [0.3, 0.4) is 0 Å². The molecule has 0 atom stereocenters. The molecule has 0 aromatic heterocycles. The largest absolute Gasteiger partial charge is 1.00 e. The number of hydrogen-bond acceptors (Lipinski definition) is 7. The monoisotopic (exact) mass is 300 g/mol. The molecule has 0 aliphatic rings. The standard InChI is InChI=1S/C8H12N2O6.C2H5O.Na/c1-4(7(13)15-9-5(2)11)8(14)16-10-6(3)12;1-2-3;/h4H,1-3H3,(H,9,11)(H,10,12);2H2,1H3;/q;-1;+1. The van der Waals surface area contributed by atoms with Crippen LogP contribution in [0.4, 0.5) is 0 Å². The second kappa shape index (κ2) is 14.3. The van der Waals surface area contributed by atoms with E-state index in [1.54, 1.807) is 17.9 Å². The van der Waals surface area contributed by atoms with Crippen LogP contribution in [-0.2, 0) is 28.9 Å². The summed E-state index contributed by atoms with van der Waals surface area (Å²) in [7, 11) is 0. The van der Waals surface area contributed by atoms with Crippen LogP contribution in [0.1, 0.15) is 27.7 Å². The minimum atomic E-state index is -1.27. The molecule has 110 valence electrons. The van der Waals surface area contributed by atoms with E-state index >= 15 is 0 Å². The van der Waals surface area contributed by atoms with Crippen LogP contribution in [0.5, 0.6) is 0 Å². The van der Waals surface area contributed by atoms with Crippen molar-refractivity contribution >= 4 is 23.8 Å². The Hall–Kier alpha value is -1.16. The van der Waals surface area contributed by atoms with Gasteiger partial charge in [0.15, 0.2) is 5.92 Å². The fourth-order valence-electron chi connectivity index (χ4n) is 0.517. The molecule has 0 aromatic carbocycles. The first-order chi connectivity index (χ1) is 8.76. The molecule has 0 unspecified atom stereocenters. The zero-order valence-electron chi connectivity index (χ0n) is 12.1. The van der Waals surface area contributed by atoms with Gasteiger partial charge in [0, 0.05) is 13.8 Å². The summed E-state index contributed by atoms with van der Waals surface area (Å²) in [5.74, 6) is -4.43. The molecular weight excluding hydrogens is 283 g/mol. The Balaban J connectivity index is -0.000000657. The first-order valence-electron chi connectivity index (χ1n) is 5.28. The molecule has 0 saturated carbocycles. The molecule has 9 nitrogen and oxygen atoms in total. The summed E-state index contributed by atoms with van der Waals surface area (Å²) in [6.45, 7) is 5.04. The number of rotatable bonds is 2. The van der Waals surface area contributed by atoms with E-state index in [4.69, 9.17) is 5.11 Å². The summed E-state index contributed by atoms with van der Waals surface area (Å²) in [4.78, 5) is 51.4. The maximum Gasteiger partial charge on any atom is 1.00 e. The quantitative estimate of drug-likeness (QED) is 0.297. The van der Waals surface area contributed by atoms with E-state index in [9.17, 15) is 19.2 Å². The predicted octanol–water partition coefficient (Wildman–Crippen LogP) is -4.82. The van der Waals surface area contributed by atoms with Crippen molar-refractivity contribution in [2.75, 3.05) is 6.61 Å². The second-order valence-corrected chi connectivity index (χ2v) is 3.17. The van der Waals surface area contributed by atoms with E-state index < -0.39 is 29.7 Å². The van der Waals surface area contributed by atoms with Crippen molar-refractivity contribution in [3.63, 3.8) is 0 Å². The zero-order valence-corrected chi connectivity index (χ0v) is 14.1. The minimum absolute atomic E-state index is 0. The molecule has 0 saturated heterocycles. The molecule has 0 aromatic rings. The number of amides is 2. The van der Waals surface area contributed by atoms with Gasteiger partial charge in [0.2, 0.25) is 11.8 Å². The zero-order chi connectivity index (χ0) is 15.4. The van der Waals surface area contributed by atoms with Gasteiger partial charge in [-0.1, -0.05) is 6.92 Å². The van der Waals surface area contributed by atoms with Gasteiger partial charge in [-0.05, 0) is 6.92 Å². The predicted molar refractivity (Wildman–Crippen MR) is 59.5 cm³/mol. The Labute approximate surface area is 138 Å². The Morgan fingerprint density at radius 2 is 1.25 bits per heavy atom. The number of carbonyl (C=O) groups is 4. The van der Waals surface area contributed by atoms with E-state index in [2.05, 4.69) is 9.68 Å². The van der Waals surface area contributed by atoms with E-state index in [-0.39, 0.29) is 36.2 Å². The third kappa shape index (κ3) is 14.9.